The van der Waals surface area contributed by atoms with E-state index < -0.39 is 12.0 Å². The highest BCUT2D eigenvalue weighted by Gasteiger charge is 2.26. The second-order valence-electron chi connectivity index (χ2n) is 10.2. The van der Waals surface area contributed by atoms with E-state index in [0.717, 1.165) is 24.1 Å². The minimum Gasteiger partial charge on any atom is -0.496 e. The Kier molecular flexibility index (Phi) is 9.18. The van der Waals surface area contributed by atoms with E-state index >= 15 is 0 Å². The standard InChI is InChI=1S/C27H39N3O5/c1-17(2)12-20(14-25(31)32)28-27(33)21-15-22(26-23(34-4)10-7-11-24(26)35-5)30(29-21)16-19-9-6-8-18(3)13-19/h7,10-11,15,17-20H,6,8-9,12-14,16H2,1-5H3,(H,28,33)(H,31,32)/t18?,19?,20-/m0/s1. The number of aromatic nitrogens is 2. The van der Waals surface area contributed by atoms with Gasteiger partial charge in [0.25, 0.3) is 5.91 Å². The number of nitrogens with one attached hydrogen (secondary N) is 1. The first-order valence-electron chi connectivity index (χ1n) is 12.5. The smallest absolute Gasteiger partial charge is 0.305 e. The molecule has 1 aliphatic carbocycles. The molecule has 35 heavy (non-hydrogen) atoms. The van der Waals surface area contributed by atoms with Crippen LogP contribution in [0, 0.1) is 17.8 Å². The fraction of sp³-hybridized carbons (Fsp3) is 0.593. The molecule has 3 atom stereocenters. The number of amides is 1. The third kappa shape index (κ3) is 6.99. The summed E-state index contributed by atoms with van der Waals surface area (Å²) >= 11 is 0. The van der Waals surface area contributed by atoms with Gasteiger partial charge in [0.15, 0.2) is 5.69 Å². The number of hydrogen-bond acceptors (Lipinski definition) is 5. The normalized spacial score (nSPS) is 18.8. The zero-order valence-corrected chi connectivity index (χ0v) is 21.5. The molecule has 8 nitrogen and oxygen atoms in total. The summed E-state index contributed by atoms with van der Waals surface area (Å²) in [5.74, 6) is 1.35. The van der Waals surface area contributed by atoms with Gasteiger partial charge in [-0.15, -0.1) is 0 Å². The number of methoxy groups -OCH3 is 2. The van der Waals surface area contributed by atoms with Crippen molar-refractivity contribution in [2.24, 2.45) is 17.8 Å². The Hall–Kier alpha value is -3.03. The molecule has 1 saturated carbocycles. The van der Waals surface area contributed by atoms with Crippen LogP contribution in [0.1, 0.15) is 69.8 Å². The molecule has 0 bridgehead atoms. The van der Waals surface area contributed by atoms with Gasteiger partial charge in [0, 0.05) is 12.6 Å². The molecule has 3 rings (SSSR count). The van der Waals surface area contributed by atoms with Crippen LogP contribution < -0.4 is 14.8 Å². The lowest BCUT2D eigenvalue weighted by Gasteiger charge is -2.27. The van der Waals surface area contributed by atoms with E-state index in [9.17, 15) is 14.7 Å². The van der Waals surface area contributed by atoms with Crippen LogP contribution in [0.15, 0.2) is 24.3 Å². The van der Waals surface area contributed by atoms with Gasteiger partial charge in [-0.2, -0.15) is 5.10 Å². The third-order valence-corrected chi connectivity index (χ3v) is 6.68. The van der Waals surface area contributed by atoms with Gasteiger partial charge in [-0.05, 0) is 55.2 Å². The molecule has 2 aromatic rings. The Morgan fingerprint density at radius 2 is 1.89 bits per heavy atom. The Bertz CT molecular complexity index is 994. The van der Waals surface area contributed by atoms with Crippen LogP contribution in [0.4, 0.5) is 0 Å². The summed E-state index contributed by atoms with van der Waals surface area (Å²) in [6, 6.07) is 6.89. The van der Waals surface area contributed by atoms with Crippen LogP contribution in [0.25, 0.3) is 11.3 Å². The van der Waals surface area contributed by atoms with Gasteiger partial charge >= 0.3 is 5.97 Å². The second kappa shape index (κ2) is 12.1. The zero-order chi connectivity index (χ0) is 25.5. The van der Waals surface area contributed by atoms with Crippen molar-refractivity contribution in [3.8, 4) is 22.8 Å². The molecule has 192 valence electrons. The van der Waals surface area contributed by atoms with E-state index in [1.54, 1.807) is 20.3 Å². The number of benzene rings is 1. The molecule has 0 aliphatic heterocycles. The maximum absolute atomic E-state index is 13.2. The molecule has 0 spiro atoms. The monoisotopic (exact) mass is 485 g/mol. The predicted molar refractivity (Wildman–Crippen MR) is 135 cm³/mol. The zero-order valence-electron chi connectivity index (χ0n) is 21.5. The Morgan fingerprint density at radius 3 is 2.46 bits per heavy atom. The van der Waals surface area contributed by atoms with Crippen LogP contribution >= 0.6 is 0 Å². The van der Waals surface area contributed by atoms with E-state index in [-0.39, 0.29) is 23.9 Å². The average molecular weight is 486 g/mol. The number of carbonyl (C=O) groups is 2. The Balaban J connectivity index is 1.99. The first-order valence-corrected chi connectivity index (χ1v) is 12.5. The van der Waals surface area contributed by atoms with Gasteiger partial charge in [0.2, 0.25) is 0 Å². The van der Waals surface area contributed by atoms with E-state index in [0.29, 0.717) is 36.3 Å². The average Bonchev–Trinajstić information content (AvgIpc) is 3.20. The summed E-state index contributed by atoms with van der Waals surface area (Å²) in [6.07, 6.45) is 5.14. The quantitative estimate of drug-likeness (QED) is 0.464. The minimum atomic E-state index is -0.938. The maximum Gasteiger partial charge on any atom is 0.305 e. The van der Waals surface area contributed by atoms with Gasteiger partial charge < -0.3 is 19.9 Å². The van der Waals surface area contributed by atoms with Crippen LogP contribution in [-0.4, -0.2) is 47.0 Å². The Morgan fingerprint density at radius 1 is 1.20 bits per heavy atom. The van der Waals surface area contributed by atoms with E-state index in [1.165, 1.54) is 12.8 Å². The van der Waals surface area contributed by atoms with Crippen molar-refractivity contribution in [3.05, 3.63) is 30.0 Å². The minimum absolute atomic E-state index is 0.127. The van der Waals surface area contributed by atoms with Gasteiger partial charge in [-0.3, -0.25) is 14.3 Å². The van der Waals surface area contributed by atoms with Gasteiger partial charge in [-0.1, -0.05) is 39.7 Å². The van der Waals surface area contributed by atoms with Crippen molar-refractivity contribution in [2.45, 2.75) is 71.9 Å². The van der Waals surface area contributed by atoms with Crippen molar-refractivity contribution in [1.82, 2.24) is 15.1 Å². The number of ether oxygens (including phenoxy) is 2. The molecule has 1 fully saturated rings. The highest BCUT2D eigenvalue weighted by atomic mass is 16.5. The summed E-state index contributed by atoms with van der Waals surface area (Å²) in [7, 11) is 3.22. The SMILES string of the molecule is COc1cccc(OC)c1-c1cc(C(=O)N[C@H](CC(=O)O)CC(C)C)nn1CC1CCCC(C)C1. The number of carboxylic acids is 1. The Labute approximate surface area is 208 Å². The molecule has 1 amide bonds. The molecule has 1 aromatic carbocycles. The summed E-state index contributed by atoms with van der Waals surface area (Å²) in [4.78, 5) is 24.6. The molecule has 1 aromatic heterocycles. The lowest BCUT2D eigenvalue weighted by molar-refractivity contribution is -0.137. The first-order chi connectivity index (χ1) is 16.7. The number of aliphatic carboxylic acids is 1. The fourth-order valence-corrected chi connectivity index (χ4v) is 5.17. The molecule has 2 N–H and O–H groups in total. The molecular formula is C27H39N3O5. The topological polar surface area (TPSA) is 103 Å². The molecule has 1 heterocycles. The third-order valence-electron chi connectivity index (χ3n) is 6.68. The predicted octanol–water partition coefficient (Wildman–Crippen LogP) is 5.01. The van der Waals surface area contributed by atoms with E-state index in [4.69, 9.17) is 14.6 Å². The number of carboxylic acid groups (broad SMARTS) is 1. The summed E-state index contributed by atoms with van der Waals surface area (Å²) in [5, 5.41) is 16.9. The lowest BCUT2D eigenvalue weighted by atomic mass is 9.82. The number of carbonyl (C=O) groups excluding carboxylic acids is 1. The van der Waals surface area contributed by atoms with Crippen molar-refractivity contribution < 1.29 is 24.2 Å². The van der Waals surface area contributed by atoms with Crippen molar-refractivity contribution in [1.29, 1.82) is 0 Å². The van der Waals surface area contributed by atoms with Gasteiger partial charge in [0.05, 0.1) is 31.9 Å². The van der Waals surface area contributed by atoms with Crippen LogP contribution in [0.3, 0.4) is 0 Å². The lowest BCUT2D eigenvalue weighted by Crippen LogP contribution is -2.37. The summed E-state index contributed by atoms with van der Waals surface area (Å²) in [6.45, 7) is 6.99. The van der Waals surface area contributed by atoms with Crippen molar-refractivity contribution >= 4 is 11.9 Å². The van der Waals surface area contributed by atoms with Crippen LogP contribution in [0.2, 0.25) is 0 Å². The number of hydrogen-bond donors (Lipinski definition) is 2. The van der Waals surface area contributed by atoms with Gasteiger partial charge in [-0.25, -0.2) is 0 Å². The number of rotatable bonds is 11. The van der Waals surface area contributed by atoms with Crippen molar-refractivity contribution in [3.63, 3.8) is 0 Å². The second-order valence-corrected chi connectivity index (χ2v) is 10.2. The molecule has 0 saturated heterocycles. The largest absolute Gasteiger partial charge is 0.496 e. The summed E-state index contributed by atoms with van der Waals surface area (Å²) < 4.78 is 13.2. The highest BCUT2D eigenvalue weighted by molar-refractivity contribution is 5.94. The molecule has 0 radical (unpaired) electrons. The number of nitrogens with zero attached hydrogens (tertiary/aromatic N) is 2. The molecule has 8 heteroatoms. The van der Waals surface area contributed by atoms with Crippen LogP contribution in [-0.2, 0) is 11.3 Å². The molecule has 1 aliphatic rings. The maximum atomic E-state index is 13.2. The van der Waals surface area contributed by atoms with Crippen molar-refractivity contribution in [2.75, 3.05) is 14.2 Å². The van der Waals surface area contributed by atoms with Gasteiger partial charge in [0.1, 0.15) is 11.5 Å². The van der Waals surface area contributed by atoms with E-state index in [1.807, 2.05) is 36.7 Å². The molecular weight excluding hydrogens is 446 g/mol. The first kappa shape index (κ1) is 26.6. The summed E-state index contributed by atoms with van der Waals surface area (Å²) in [5.41, 5.74) is 1.76. The fourth-order valence-electron chi connectivity index (χ4n) is 5.17. The van der Waals surface area contributed by atoms with Crippen LogP contribution in [0.5, 0.6) is 11.5 Å². The van der Waals surface area contributed by atoms with E-state index in [2.05, 4.69) is 12.2 Å². The molecule has 2 unspecified atom stereocenters. The highest BCUT2D eigenvalue weighted by Crippen LogP contribution is 2.39.